The molecule has 0 amide bonds. The molecule has 42 heavy (non-hydrogen) atoms. The van der Waals surface area contributed by atoms with Gasteiger partial charge in [-0.25, -0.2) is 0 Å². The second-order valence-corrected chi connectivity index (χ2v) is 11.0. The average Bonchev–Trinajstić information content (AvgIpc) is 3.34. The molecule has 0 saturated heterocycles. The van der Waals surface area contributed by atoms with Crippen molar-refractivity contribution in [2.75, 3.05) is 6.67 Å². The Hall–Kier alpha value is -4.70. The molecule has 1 unspecified atom stereocenters. The van der Waals surface area contributed by atoms with E-state index in [0.717, 1.165) is 49.0 Å². The molecule has 6 aromatic rings. The molecule has 1 atom stereocenters. The maximum atomic E-state index is 6.99. The Kier molecular flexibility index (Phi) is 7.51. The van der Waals surface area contributed by atoms with E-state index in [0.29, 0.717) is 0 Å². The van der Waals surface area contributed by atoms with Crippen molar-refractivity contribution >= 4 is 0 Å². The van der Waals surface area contributed by atoms with Gasteiger partial charge in [-0.1, -0.05) is 152 Å². The van der Waals surface area contributed by atoms with Crippen LogP contribution in [0.2, 0.25) is 0 Å². The fraction of sp³-hybridized carbons (Fsp3) is 0.128. The molecular weight excluding hydrogens is 512 g/mol. The molecule has 0 fully saturated rings. The highest BCUT2D eigenvalue weighted by atomic mass is 16.3. The summed E-state index contributed by atoms with van der Waals surface area (Å²) in [4.78, 5) is 5.19. The number of furan rings is 1. The zero-order chi connectivity index (χ0) is 28.1. The maximum absolute atomic E-state index is 6.99. The minimum Gasteiger partial charge on any atom is -0.455 e. The van der Waals surface area contributed by atoms with Gasteiger partial charge < -0.3 is 4.42 Å². The quantitative estimate of drug-likeness (QED) is 0.199. The van der Waals surface area contributed by atoms with Gasteiger partial charge in [0.25, 0.3) is 0 Å². The normalized spacial score (nSPS) is 15.7. The van der Waals surface area contributed by atoms with Crippen LogP contribution >= 0.6 is 0 Å². The van der Waals surface area contributed by atoms with Crippen molar-refractivity contribution < 1.29 is 4.42 Å². The summed E-state index contributed by atoms with van der Waals surface area (Å²) in [7, 11) is 0. The van der Waals surface area contributed by atoms with Crippen molar-refractivity contribution in [1.29, 1.82) is 0 Å². The Labute approximate surface area is 248 Å². The molecular formula is C39H34N2O. The van der Waals surface area contributed by atoms with Crippen molar-refractivity contribution in [2.24, 2.45) is 0 Å². The molecule has 0 saturated carbocycles. The summed E-state index contributed by atoms with van der Waals surface area (Å²) in [6.45, 7) is 3.29. The first-order valence-corrected chi connectivity index (χ1v) is 14.7. The van der Waals surface area contributed by atoms with Crippen LogP contribution in [-0.2, 0) is 19.6 Å². The molecule has 0 spiro atoms. The highest BCUT2D eigenvalue weighted by molar-refractivity contribution is 5.74. The Morgan fingerprint density at radius 1 is 0.524 bits per heavy atom. The highest BCUT2D eigenvalue weighted by Crippen LogP contribution is 2.47. The zero-order valence-corrected chi connectivity index (χ0v) is 23.6. The van der Waals surface area contributed by atoms with Crippen LogP contribution in [-0.4, -0.2) is 16.5 Å². The van der Waals surface area contributed by atoms with Crippen LogP contribution in [0, 0.1) is 0 Å². The van der Waals surface area contributed by atoms with E-state index in [1.165, 1.54) is 27.8 Å². The van der Waals surface area contributed by atoms with Crippen molar-refractivity contribution in [3.8, 4) is 22.6 Å². The van der Waals surface area contributed by atoms with Gasteiger partial charge in [-0.05, 0) is 16.7 Å². The van der Waals surface area contributed by atoms with Gasteiger partial charge in [0.1, 0.15) is 11.5 Å². The summed E-state index contributed by atoms with van der Waals surface area (Å²) >= 11 is 0. The Balaban J connectivity index is 1.47. The molecule has 3 nitrogen and oxygen atoms in total. The predicted molar refractivity (Wildman–Crippen MR) is 170 cm³/mol. The molecule has 1 aliphatic rings. The third-order valence-electron chi connectivity index (χ3n) is 8.11. The number of hydrogen-bond acceptors (Lipinski definition) is 3. The van der Waals surface area contributed by atoms with Crippen molar-refractivity contribution in [3.05, 3.63) is 179 Å². The van der Waals surface area contributed by atoms with Gasteiger partial charge >= 0.3 is 0 Å². The first-order valence-electron chi connectivity index (χ1n) is 14.7. The zero-order valence-electron chi connectivity index (χ0n) is 23.6. The fourth-order valence-electron chi connectivity index (χ4n) is 6.27. The van der Waals surface area contributed by atoms with E-state index in [-0.39, 0.29) is 6.04 Å². The number of fused-ring (bicyclic) bond motifs is 1. The van der Waals surface area contributed by atoms with E-state index in [4.69, 9.17) is 4.42 Å². The number of nitrogens with zero attached hydrogens (tertiary/aromatic N) is 2. The second-order valence-electron chi connectivity index (χ2n) is 11.0. The van der Waals surface area contributed by atoms with Crippen molar-refractivity contribution in [2.45, 2.75) is 25.7 Å². The molecule has 0 bridgehead atoms. The van der Waals surface area contributed by atoms with Gasteiger partial charge in [0.15, 0.2) is 0 Å². The van der Waals surface area contributed by atoms with Gasteiger partial charge in [0.2, 0.25) is 0 Å². The average molecular weight is 547 g/mol. The number of benzene rings is 5. The van der Waals surface area contributed by atoms with Crippen LogP contribution < -0.4 is 0 Å². The van der Waals surface area contributed by atoms with E-state index in [1.54, 1.807) is 0 Å². The topological polar surface area (TPSA) is 19.6 Å². The molecule has 1 aromatic heterocycles. The lowest BCUT2D eigenvalue weighted by atomic mass is 9.90. The van der Waals surface area contributed by atoms with Crippen molar-refractivity contribution in [1.82, 2.24) is 9.80 Å². The summed E-state index contributed by atoms with van der Waals surface area (Å²) in [5.74, 6) is 1.92. The SMILES string of the molecule is c1ccc(CN2Cc3c(-c4ccccc4)oc(-c4ccccc4)c3C(c3ccccc3)N(Cc3ccccc3)C2)cc1. The molecule has 7 rings (SSSR count). The lowest BCUT2D eigenvalue weighted by Crippen LogP contribution is -2.37. The standard InChI is InChI=1S/C39H34N2O/c1-6-16-30(17-7-1)26-40-28-35-36(39(34-24-14-5-15-25-34)42-38(35)33-22-12-4-13-23-33)37(32-20-10-3-11-21-32)41(29-40)27-31-18-8-2-9-19-31/h1-25,37H,26-29H2. The van der Waals surface area contributed by atoms with E-state index >= 15 is 0 Å². The van der Waals surface area contributed by atoms with E-state index in [1.807, 2.05) is 0 Å². The minimum absolute atomic E-state index is 0.0126. The smallest absolute Gasteiger partial charge is 0.140 e. The molecule has 206 valence electrons. The molecule has 0 N–H and O–H groups in total. The van der Waals surface area contributed by atoms with Crippen LogP contribution in [0.15, 0.2) is 156 Å². The van der Waals surface area contributed by atoms with E-state index in [2.05, 4.69) is 161 Å². The summed E-state index contributed by atoms with van der Waals surface area (Å²) in [6.07, 6.45) is 0. The molecule has 3 heteroatoms. The summed E-state index contributed by atoms with van der Waals surface area (Å²) in [6, 6.07) is 53.8. The van der Waals surface area contributed by atoms with Crippen LogP contribution in [0.3, 0.4) is 0 Å². The Morgan fingerprint density at radius 2 is 1.00 bits per heavy atom. The Morgan fingerprint density at radius 3 is 1.57 bits per heavy atom. The van der Waals surface area contributed by atoms with E-state index < -0.39 is 0 Å². The summed E-state index contributed by atoms with van der Waals surface area (Å²) < 4.78 is 6.99. The maximum Gasteiger partial charge on any atom is 0.140 e. The third kappa shape index (κ3) is 5.45. The van der Waals surface area contributed by atoms with Crippen LogP contribution in [0.25, 0.3) is 22.6 Å². The molecule has 2 heterocycles. The fourth-order valence-corrected chi connectivity index (χ4v) is 6.27. The Bertz CT molecular complexity index is 1720. The predicted octanol–water partition coefficient (Wildman–Crippen LogP) is 9.18. The molecule has 5 aromatic carbocycles. The van der Waals surface area contributed by atoms with Crippen LogP contribution in [0.5, 0.6) is 0 Å². The summed E-state index contributed by atoms with van der Waals surface area (Å²) in [5, 5.41) is 0. The number of hydrogen-bond donors (Lipinski definition) is 0. The first-order chi connectivity index (χ1) is 20.8. The van der Waals surface area contributed by atoms with Gasteiger partial charge in [-0.15, -0.1) is 0 Å². The molecule has 0 radical (unpaired) electrons. The highest BCUT2D eigenvalue weighted by Gasteiger charge is 2.37. The monoisotopic (exact) mass is 546 g/mol. The third-order valence-corrected chi connectivity index (χ3v) is 8.11. The van der Waals surface area contributed by atoms with Crippen LogP contribution in [0.4, 0.5) is 0 Å². The molecule has 0 aliphatic carbocycles. The van der Waals surface area contributed by atoms with E-state index in [9.17, 15) is 0 Å². The van der Waals surface area contributed by atoms with Gasteiger partial charge in [0, 0.05) is 41.9 Å². The van der Waals surface area contributed by atoms with Crippen LogP contribution in [0.1, 0.15) is 33.9 Å². The number of rotatable bonds is 7. The van der Waals surface area contributed by atoms with Gasteiger partial charge in [0.05, 0.1) is 12.7 Å². The molecule has 1 aliphatic heterocycles. The van der Waals surface area contributed by atoms with Gasteiger partial charge in [-0.2, -0.15) is 0 Å². The first kappa shape index (κ1) is 26.2. The lowest BCUT2D eigenvalue weighted by molar-refractivity contribution is 0.0994. The lowest BCUT2D eigenvalue weighted by Gasteiger charge is -2.34. The minimum atomic E-state index is 0.0126. The largest absolute Gasteiger partial charge is 0.455 e. The second kappa shape index (κ2) is 12.0. The van der Waals surface area contributed by atoms with Gasteiger partial charge in [-0.3, -0.25) is 9.80 Å². The summed E-state index contributed by atoms with van der Waals surface area (Å²) in [5.41, 5.74) is 8.62. The van der Waals surface area contributed by atoms with Crippen molar-refractivity contribution in [3.63, 3.8) is 0 Å².